The molecule has 1 saturated carbocycles. The van der Waals surface area contributed by atoms with Gasteiger partial charge in [0.25, 0.3) is 0 Å². The molecule has 1 aliphatic heterocycles. The van der Waals surface area contributed by atoms with Gasteiger partial charge in [-0.3, -0.25) is 4.79 Å². The molecule has 0 bridgehead atoms. The van der Waals surface area contributed by atoms with Crippen LogP contribution in [0.25, 0.3) is 0 Å². The number of hydrogen-bond acceptors (Lipinski definition) is 2. The van der Waals surface area contributed by atoms with E-state index >= 15 is 0 Å². The topological polar surface area (TPSA) is 41.1 Å². The lowest BCUT2D eigenvalue weighted by atomic mass is 9.64. The molecule has 2 fully saturated rings. The molecule has 3 nitrogen and oxygen atoms in total. The average Bonchev–Trinajstić information content (AvgIpc) is 2.97. The molecule has 1 aliphatic carbocycles. The predicted octanol–water partition coefficient (Wildman–Crippen LogP) is 3.80. The molecule has 1 unspecified atom stereocenters. The molecule has 128 valence electrons. The molecule has 1 atom stereocenters. The monoisotopic (exact) mass is 400 g/mol. The lowest BCUT2D eigenvalue weighted by molar-refractivity contribution is -0.121. The predicted molar refractivity (Wildman–Crippen MR) is 100 cm³/mol. The van der Waals surface area contributed by atoms with Crippen LogP contribution in [0, 0.1) is 5.92 Å². The van der Waals surface area contributed by atoms with Gasteiger partial charge in [0, 0.05) is 22.9 Å². The average molecular weight is 402 g/mol. The SMILES string of the molecule is Cl.O=C(CCC1CCNC1)NCC1(c2cccc(Br)c2)CCC1. The van der Waals surface area contributed by atoms with Gasteiger partial charge in [0.05, 0.1) is 0 Å². The van der Waals surface area contributed by atoms with Crippen LogP contribution in [-0.2, 0) is 10.2 Å². The Bertz CT molecular complexity index is 528. The number of carbonyl (C=O) groups excluding carboxylic acids is 1. The molecule has 5 heteroatoms. The highest BCUT2D eigenvalue weighted by Crippen LogP contribution is 2.43. The minimum atomic E-state index is 0. The molecule has 1 amide bonds. The third-order valence-corrected chi connectivity index (χ3v) is 5.81. The summed E-state index contributed by atoms with van der Waals surface area (Å²) in [7, 11) is 0. The molecule has 1 aromatic carbocycles. The number of hydrogen-bond donors (Lipinski definition) is 2. The maximum Gasteiger partial charge on any atom is 0.220 e. The van der Waals surface area contributed by atoms with E-state index in [9.17, 15) is 4.79 Å². The number of benzene rings is 1. The normalized spacial score (nSPS) is 22.0. The standard InChI is InChI=1S/C18H25BrN2O.ClH/c19-16-4-1-3-15(11-16)18(8-2-9-18)13-21-17(22)6-5-14-7-10-20-12-14;/h1,3-4,11,14,20H,2,5-10,12-13H2,(H,21,22);1H. The second kappa shape index (κ2) is 8.50. The van der Waals surface area contributed by atoms with Gasteiger partial charge in [-0.25, -0.2) is 0 Å². The highest BCUT2D eigenvalue weighted by atomic mass is 79.9. The number of amides is 1. The zero-order chi connectivity index (χ0) is 15.4. The fraction of sp³-hybridized carbons (Fsp3) is 0.611. The van der Waals surface area contributed by atoms with Crippen LogP contribution in [0.2, 0.25) is 0 Å². The maximum absolute atomic E-state index is 12.1. The van der Waals surface area contributed by atoms with Crippen molar-refractivity contribution in [2.24, 2.45) is 5.92 Å². The van der Waals surface area contributed by atoms with Gasteiger partial charge in [0.1, 0.15) is 0 Å². The second-order valence-electron chi connectivity index (χ2n) is 6.82. The minimum Gasteiger partial charge on any atom is -0.355 e. The Kier molecular flexibility index (Phi) is 6.93. The fourth-order valence-electron chi connectivity index (χ4n) is 3.64. The van der Waals surface area contributed by atoms with E-state index in [0.29, 0.717) is 12.3 Å². The van der Waals surface area contributed by atoms with E-state index in [1.54, 1.807) is 0 Å². The van der Waals surface area contributed by atoms with Gasteiger partial charge in [-0.2, -0.15) is 0 Å². The van der Waals surface area contributed by atoms with E-state index < -0.39 is 0 Å². The van der Waals surface area contributed by atoms with Crippen LogP contribution in [0.5, 0.6) is 0 Å². The molecule has 0 aromatic heterocycles. The van der Waals surface area contributed by atoms with Gasteiger partial charge in [0.15, 0.2) is 0 Å². The summed E-state index contributed by atoms with van der Waals surface area (Å²) < 4.78 is 1.12. The van der Waals surface area contributed by atoms with Crippen LogP contribution in [0.15, 0.2) is 28.7 Å². The first-order chi connectivity index (χ1) is 10.7. The maximum atomic E-state index is 12.1. The van der Waals surface area contributed by atoms with E-state index in [2.05, 4.69) is 50.8 Å². The summed E-state index contributed by atoms with van der Waals surface area (Å²) in [6.07, 6.45) is 6.52. The molecule has 1 heterocycles. The zero-order valence-electron chi connectivity index (χ0n) is 13.4. The fourth-order valence-corrected chi connectivity index (χ4v) is 4.04. The van der Waals surface area contributed by atoms with Gasteiger partial charge < -0.3 is 10.6 Å². The Balaban J connectivity index is 0.00000192. The summed E-state index contributed by atoms with van der Waals surface area (Å²) in [4.78, 5) is 12.1. The summed E-state index contributed by atoms with van der Waals surface area (Å²) in [6.45, 7) is 2.97. The Morgan fingerprint density at radius 1 is 1.39 bits per heavy atom. The van der Waals surface area contributed by atoms with Crippen molar-refractivity contribution in [3.05, 3.63) is 34.3 Å². The van der Waals surface area contributed by atoms with Crippen LogP contribution in [0.4, 0.5) is 0 Å². The van der Waals surface area contributed by atoms with Crippen LogP contribution in [0.3, 0.4) is 0 Å². The number of halogens is 2. The number of nitrogens with one attached hydrogen (secondary N) is 2. The summed E-state index contributed by atoms with van der Waals surface area (Å²) >= 11 is 3.56. The van der Waals surface area contributed by atoms with Crippen LogP contribution < -0.4 is 10.6 Å². The molecule has 2 aliphatic rings. The molecule has 3 rings (SSSR count). The van der Waals surface area contributed by atoms with Crippen molar-refractivity contribution in [3.63, 3.8) is 0 Å². The summed E-state index contributed by atoms with van der Waals surface area (Å²) in [6, 6.07) is 8.55. The Morgan fingerprint density at radius 3 is 2.83 bits per heavy atom. The van der Waals surface area contributed by atoms with Crippen molar-refractivity contribution in [1.29, 1.82) is 0 Å². The molecule has 23 heavy (non-hydrogen) atoms. The van der Waals surface area contributed by atoms with E-state index in [-0.39, 0.29) is 23.7 Å². The Labute approximate surface area is 153 Å². The molecule has 0 radical (unpaired) electrons. The van der Waals surface area contributed by atoms with Crippen molar-refractivity contribution in [2.75, 3.05) is 19.6 Å². The van der Waals surface area contributed by atoms with Crippen LogP contribution in [-0.4, -0.2) is 25.5 Å². The molecular formula is C18H26BrClN2O. The molecular weight excluding hydrogens is 376 g/mol. The Hall–Kier alpha value is -0.580. The first-order valence-electron chi connectivity index (χ1n) is 8.41. The van der Waals surface area contributed by atoms with Crippen LogP contribution in [0.1, 0.15) is 44.1 Å². The number of carbonyl (C=O) groups is 1. The molecule has 0 spiro atoms. The number of rotatable bonds is 6. The second-order valence-corrected chi connectivity index (χ2v) is 7.73. The molecule has 1 aromatic rings. The van der Waals surface area contributed by atoms with Crippen molar-refractivity contribution in [1.82, 2.24) is 10.6 Å². The highest BCUT2D eigenvalue weighted by Gasteiger charge is 2.38. The van der Waals surface area contributed by atoms with Crippen molar-refractivity contribution in [3.8, 4) is 0 Å². The third kappa shape index (κ3) is 4.71. The van der Waals surface area contributed by atoms with Crippen LogP contribution >= 0.6 is 28.3 Å². The first-order valence-corrected chi connectivity index (χ1v) is 9.21. The lowest BCUT2D eigenvalue weighted by Crippen LogP contribution is -2.45. The van der Waals surface area contributed by atoms with E-state index in [1.807, 2.05) is 0 Å². The summed E-state index contributed by atoms with van der Waals surface area (Å²) in [5.74, 6) is 0.904. The first kappa shape index (κ1) is 18.8. The van der Waals surface area contributed by atoms with Gasteiger partial charge in [-0.05, 0) is 62.4 Å². The van der Waals surface area contributed by atoms with Gasteiger partial charge in [-0.15, -0.1) is 12.4 Å². The van der Waals surface area contributed by atoms with E-state index in [0.717, 1.165) is 30.5 Å². The minimum absolute atomic E-state index is 0. The van der Waals surface area contributed by atoms with Gasteiger partial charge in [-0.1, -0.05) is 34.5 Å². The summed E-state index contributed by atoms with van der Waals surface area (Å²) in [5, 5.41) is 6.55. The van der Waals surface area contributed by atoms with Crippen molar-refractivity contribution >= 4 is 34.2 Å². The summed E-state index contributed by atoms with van der Waals surface area (Å²) in [5.41, 5.74) is 1.52. The third-order valence-electron chi connectivity index (χ3n) is 5.31. The van der Waals surface area contributed by atoms with E-state index in [4.69, 9.17) is 0 Å². The van der Waals surface area contributed by atoms with Gasteiger partial charge in [0.2, 0.25) is 5.91 Å². The lowest BCUT2D eigenvalue weighted by Gasteiger charge is -2.42. The molecule has 1 saturated heterocycles. The Morgan fingerprint density at radius 2 is 2.22 bits per heavy atom. The van der Waals surface area contributed by atoms with Crippen molar-refractivity contribution in [2.45, 2.75) is 43.9 Å². The highest BCUT2D eigenvalue weighted by molar-refractivity contribution is 9.10. The van der Waals surface area contributed by atoms with E-state index in [1.165, 1.54) is 31.2 Å². The molecule has 2 N–H and O–H groups in total. The largest absolute Gasteiger partial charge is 0.355 e. The quantitative estimate of drug-likeness (QED) is 0.761. The van der Waals surface area contributed by atoms with Crippen molar-refractivity contribution < 1.29 is 4.79 Å². The smallest absolute Gasteiger partial charge is 0.220 e. The van der Waals surface area contributed by atoms with Gasteiger partial charge >= 0.3 is 0 Å². The zero-order valence-corrected chi connectivity index (χ0v) is 15.8.